The maximum atomic E-state index is 10.4. The number of aryl methyl sites for hydroxylation is 1. The van der Waals surface area contributed by atoms with Gasteiger partial charge in [0.25, 0.3) is 0 Å². The highest BCUT2D eigenvalue weighted by Gasteiger charge is 2.20. The summed E-state index contributed by atoms with van der Waals surface area (Å²) in [4.78, 5) is 9.04. The van der Waals surface area contributed by atoms with Crippen LogP contribution in [0, 0.1) is 6.92 Å². The predicted molar refractivity (Wildman–Crippen MR) is 122 cm³/mol. The molecule has 1 aliphatic rings. The summed E-state index contributed by atoms with van der Waals surface area (Å²) in [5.41, 5.74) is 3.52. The minimum Gasteiger partial charge on any atom is -0.491 e. The molecule has 0 amide bonds. The summed E-state index contributed by atoms with van der Waals surface area (Å²) in [6, 6.07) is 12.8. The first kappa shape index (κ1) is 22.7. The number of rotatable bonds is 10. The van der Waals surface area contributed by atoms with Gasteiger partial charge < -0.3 is 14.7 Å². The van der Waals surface area contributed by atoms with Crippen molar-refractivity contribution in [3.05, 3.63) is 59.4 Å². The van der Waals surface area contributed by atoms with Gasteiger partial charge in [-0.2, -0.15) is 0 Å². The fourth-order valence-electron chi connectivity index (χ4n) is 4.29. The van der Waals surface area contributed by atoms with Gasteiger partial charge in [0.1, 0.15) is 18.5 Å². The van der Waals surface area contributed by atoms with E-state index in [0.717, 1.165) is 24.5 Å². The third-order valence-electron chi connectivity index (χ3n) is 6.03. The maximum absolute atomic E-state index is 10.4. The van der Waals surface area contributed by atoms with Crippen LogP contribution in [0.25, 0.3) is 0 Å². The molecule has 2 aromatic rings. The molecular weight excluding hydrogens is 374 g/mol. The second kappa shape index (κ2) is 11.4. The highest BCUT2D eigenvalue weighted by molar-refractivity contribution is 5.28. The zero-order valence-corrected chi connectivity index (χ0v) is 18.8. The number of benzene rings is 1. The number of pyridine rings is 1. The van der Waals surface area contributed by atoms with E-state index in [0.29, 0.717) is 19.2 Å². The molecule has 0 radical (unpaired) electrons. The summed E-state index contributed by atoms with van der Waals surface area (Å²) in [5, 5.41) is 10.4. The minimum absolute atomic E-state index is 0.323. The van der Waals surface area contributed by atoms with Gasteiger partial charge in [-0.1, -0.05) is 37.5 Å². The monoisotopic (exact) mass is 411 g/mol. The molecule has 5 heteroatoms. The van der Waals surface area contributed by atoms with Crippen molar-refractivity contribution in [3.63, 3.8) is 0 Å². The van der Waals surface area contributed by atoms with Crippen molar-refractivity contribution in [2.45, 2.75) is 64.3 Å². The number of likely N-dealkylation sites (N-methyl/N-ethyl adjacent to an activating group) is 1. The normalized spacial score (nSPS) is 16.2. The Bertz CT molecular complexity index is 776. The van der Waals surface area contributed by atoms with Crippen molar-refractivity contribution in [2.75, 3.05) is 27.2 Å². The smallest absolute Gasteiger partial charge is 0.119 e. The topological polar surface area (TPSA) is 48.8 Å². The lowest BCUT2D eigenvalue weighted by Crippen LogP contribution is -2.40. The van der Waals surface area contributed by atoms with E-state index in [4.69, 9.17) is 4.74 Å². The van der Waals surface area contributed by atoms with E-state index in [1.807, 2.05) is 24.4 Å². The molecule has 5 nitrogen and oxygen atoms in total. The minimum atomic E-state index is -0.476. The first-order valence-electron chi connectivity index (χ1n) is 11.2. The summed E-state index contributed by atoms with van der Waals surface area (Å²) in [6.45, 7) is 4.71. The van der Waals surface area contributed by atoms with Gasteiger partial charge in [-0.05, 0) is 63.2 Å². The van der Waals surface area contributed by atoms with Crippen LogP contribution in [0.5, 0.6) is 5.75 Å². The summed E-state index contributed by atoms with van der Waals surface area (Å²) in [7, 11) is 4.23. The third kappa shape index (κ3) is 7.08. The molecule has 164 valence electrons. The van der Waals surface area contributed by atoms with Gasteiger partial charge in [0, 0.05) is 31.9 Å². The number of nitrogens with zero attached hydrogens (tertiary/aromatic N) is 3. The van der Waals surface area contributed by atoms with Crippen LogP contribution in [-0.2, 0) is 13.1 Å². The zero-order chi connectivity index (χ0) is 21.3. The van der Waals surface area contributed by atoms with E-state index < -0.39 is 6.10 Å². The molecule has 1 saturated carbocycles. The Labute approximate surface area is 181 Å². The molecule has 1 aromatic heterocycles. The van der Waals surface area contributed by atoms with Crippen LogP contribution >= 0.6 is 0 Å². The van der Waals surface area contributed by atoms with Gasteiger partial charge in [0.05, 0.1) is 5.69 Å². The van der Waals surface area contributed by atoms with E-state index in [2.05, 4.69) is 54.0 Å². The van der Waals surface area contributed by atoms with Gasteiger partial charge in [-0.15, -0.1) is 0 Å². The van der Waals surface area contributed by atoms with Gasteiger partial charge in [0.15, 0.2) is 0 Å². The Morgan fingerprint density at radius 1 is 1.10 bits per heavy atom. The highest BCUT2D eigenvalue weighted by Crippen LogP contribution is 2.22. The molecule has 0 aliphatic heterocycles. The molecule has 3 rings (SSSR count). The fraction of sp³-hybridized carbons (Fsp3) is 0.560. The lowest BCUT2D eigenvalue weighted by Gasteiger charge is -2.32. The first-order valence-corrected chi connectivity index (χ1v) is 11.2. The van der Waals surface area contributed by atoms with Crippen LogP contribution in [0.4, 0.5) is 0 Å². The Hall–Kier alpha value is -1.95. The molecule has 0 saturated heterocycles. The second-order valence-electron chi connectivity index (χ2n) is 8.78. The van der Waals surface area contributed by atoms with E-state index in [-0.39, 0.29) is 0 Å². The van der Waals surface area contributed by atoms with Crippen molar-refractivity contribution >= 4 is 0 Å². The standard InChI is InChI=1S/C25H37N3O2/c1-20-9-8-14-26-25(20)18-27(2)16-21-10-7-13-24(15-21)30-19-23(29)17-28(3)22-11-5-4-6-12-22/h7-10,13-15,22-23,29H,4-6,11-12,16-19H2,1-3H3/t23-/m0/s1. The Morgan fingerprint density at radius 2 is 1.90 bits per heavy atom. The maximum Gasteiger partial charge on any atom is 0.119 e. The summed E-state index contributed by atoms with van der Waals surface area (Å²) in [5.74, 6) is 0.814. The van der Waals surface area contributed by atoms with Crippen molar-refractivity contribution in [3.8, 4) is 5.75 Å². The van der Waals surface area contributed by atoms with E-state index in [9.17, 15) is 5.11 Å². The quantitative estimate of drug-likeness (QED) is 0.640. The van der Waals surface area contributed by atoms with Gasteiger partial charge in [0.2, 0.25) is 0 Å². The summed E-state index contributed by atoms with van der Waals surface area (Å²) >= 11 is 0. The molecule has 0 spiro atoms. The lowest BCUT2D eigenvalue weighted by atomic mass is 9.94. The second-order valence-corrected chi connectivity index (χ2v) is 8.78. The molecule has 0 unspecified atom stereocenters. The lowest BCUT2D eigenvalue weighted by molar-refractivity contribution is 0.0561. The van der Waals surface area contributed by atoms with Crippen LogP contribution in [0.15, 0.2) is 42.6 Å². The summed E-state index contributed by atoms with van der Waals surface area (Å²) < 4.78 is 5.91. The van der Waals surface area contributed by atoms with Crippen LogP contribution in [0.2, 0.25) is 0 Å². The fourth-order valence-corrected chi connectivity index (χ4v) is 4.29. The van der Waals surface area contributed by atoms with E-state index >= 15 is 0 Å². The number of hydrogen-bond donors (Lipinski definition) is 1. The zero-order valence-electron chi connectivity index (χ0n) is 18.8. The molecule has 1 fully saturated rings. The van der Waals surface area contributed by atoms with Crippen molar-refractivity contribution in [2.24, 2.45) is 0 Å². The number of aliphatic hydroxyl groups excluding tert-OH is 1. The third-order valence-corrected chi connectivity index (χ3v) is 6.03. The van der Waals surface area contributed by atoms with Crippen LogP contribution in [0.3, 0.4) is 0 Å². The van der Waals surface area contributed by atoms with Crippen molar-refractivity contribution in [1.82, 2.24) is 14.8 Å². The number of hydrogen-bond acceptors (Lipinski definition) is 5. The van der Waals surface area contributed by atoms with Gasteiger partial charge in [-0.25, -0.2) is 0 Å². The van der Waals surface area contributed by atoms with Crippen molar-refractivity contribution < 1.29 is 9.84 Å². The molecule has 1 atom stereocenters. The van der Waals surface area contributed by atoms with E-state index in [1.165, 1.54) is 43.2 Å². The van der Waals surface area contributed by atoms with Gasteiger partial charge in [-0.3, -0.25) is 9.88 Å². The Balaban J connectivity index is 1.46. The van der Waals surface area contributed by atoms with Crippen LogP contribution in [-0.4, -0.2) is 59.3 Å². The van der Waals surface area contributed by atoms with Gasteiger partial charge >= 0.3 is 0 Å². The molecule has 1 aromatic carbocycles. The van der Waals surface area contributed by atoms with Crippen molar-refractivity contribution in [1.29, 1.82) is 0 Å². The SMILES string of the molecule is Cc1cccnc1CN(C)Cc1cccc(OC[C@@H](O)CN(C)C2CCCCC2)c1. The number of ether oxygens (including phenoxy) is 1. The average Bonchev–Trinajstić information content (AvgIpc) is 2.75. The van der Waals surface area contributed by atoms with Crippen LogP contribution < -0.4 is 4.74 Å². The Kier molecular flexibility index (Phi) is 8.67. The molecular formula is C25H37N3O2. The molecule has 0 bridgehead atoms. The average molecular weight is 412 g/mol. The number of aromatic nitrogens is 1. The summed E-state index contributed by atoms with van der Waals surface area (Å²) in [6.07, 6.45) is 7.83. The number of aliphatic hydroxyl groups is 1. The molecule has 1 heterocycles. The largest absolute Gasteiger partial charge is 0.491 e. The van der Waals surface area contributed by atoms with Crippen LogP contribution in [0.1, 0.15) is 48.9 Å². The highest BCUT2D eigenvalue weighted by atomic mass is 16.5. The predicted octanol–water partition coefficient (Wildman–Crippen LogP) is 4.03. The van der Waals surface area contributed by atoms with E-state index in [1.54, 1.807) is 0 Å². The molecule has 30 heavy (non-hydrogen) atoms. The first-order chi connectivity index (χ1) is 14.5. The molecule has 1 aliphatic carbocycles. The molecule has 1 N–H and O–H groups in total. The Morgan fingerprint density at radius 3 is 2.67 bits per heavy atom.